The number of para-hydroxylation sites is 1. The number of rotatable bonds is 5. The van der Waals surface area contributed by atoms with E-state index < -0.39 is 0 Å². The SMILES string of the molecule is Cc1ccccc1-n1cnnc1SCC(=O)OC(C)C. The highest BCUT2D eigenvalue weighted by molar-refractivity contribution is 7.99. The molecule has 1 aromatic heterocycles. The smallest absolute Gasteiger partial charge is 0.316 e. The van der Waals surface area contributed by atoms with Crippen molar-refractivity contribution >= 4 is 17.7 Å². The van der Waals surface area contributed by atoms with Gasteiger partial charge >= 0.3 is 5.97 Å². The van der Waals surface area contributed by atoms with Gasteiger partial charge in [0.2, 0.25) is 0 Å². The molecule has 0 amide bonds. The van der Waals surface area contributed by atoms with E-state index in [2.05, 4.69) is 10.2 Å². The number of carbonyl (C=O) groups is 1. The van der Waals surface area contributed by atoms with Gasteiger partial charge in [-0.15, -0.1) is 10.2 Å². The summed E-state index contributed by atoms with van der Waals surface area (Å²) in [5, 5.41) is 8.65. The first-order valence-electron chi connectivity index (χ1n) is 6.36. The number of thioether (sulfide) groups is 1. The molecular weight excluding hydrogens is 274 g/mol. The molecule has 0 aliphatic carbocycles. The summed E-state index contributed by atoms with van der Waals surface area (Å²) in [5.41, 5.74) is 2.14. The summed E-state index contributed by atoms with van der Waals surface area (Å²) in [6.07, 6.45) is 1.55. The predicted molar refractivity (Wildman–Crippen MR) is 78.0 cm³/mol. The van der Waals surface area contributed by atoms with Gasteiger partial charge in [-0.1, -0.05) is 30.0 Å². The van der Waals surface area contributed by atoms with Gasteiger partial charge in [-0.3, -0.25) is 9.36 Å². The van der Waals surface area contributed by atoms with Gasteiger partial charge < -0.3 is 4.74 Å². The number of hydrogen-bond acceptors (Lipinski definition) is 5. The zero-order valence-corrected chi connectivity index (χ0v) is 12.6. The van der Waals surface area contributed by atoms with Crippen molar-refractivity contribution in [2.75, 3.05) is 5.75 Å². The lowest BCUT2D eigenvalue weighted by atomic mass is 10.2. The van der Waals surface area contributed by atoms with Crippen molar-refractivity contribution in [1.82, 2.24) is 14.8 Å². The van der Waals surface area contributed by atoms with Crippen molar-refractivity contribution in [1.29, 1.82) is 0 Å². The Morgan fingerprint density at radius 3 is 2.85 bits per heavy atom. The summed E-state index contributed by atoms with van der Waals surface area (Å²) < 4.78 is 6.98. The largest absolute Gasteiger partial charge is 0.462 e. The summed E-state index contributed by atoms with van der Waals surface area (Å²) >= 11 is 1.32. The van der Waals surface area contributed by atoms with Crippen LogP contribution < -0.4 is 0 Å². The second-order valence-electron chi connectivity index (χ2n) is 4.60. The summed E-state index contributed by atoms with van der Waals surface area (Å²) in [6.45, 7) is 5.69. The predicted octanol–water partition coefficient (Wildman–Crippen LogP) is 2.62. The number of aromatic nitrogens is 3. The highest BCUT2D eigenvalue weighted by Crippen LogP contribution is 2.21. The van der Waals surface area contributed by atoms with Crippen molar-refractivity contribution < 1.29 is 9.53 Å². The van der Waals surface area contributed by atoms with Gasteiger partial charge in [-0.05, 0) is 32.4 Å². The standard InChI is InChI=1S/C14H17N3O2S/c1-10(2)19-13(18)8-20-14-16-15-9-17(14)12-7-5-4-6-11(12)3/h4-7,9-10H,8H2,1-3H3. The lowest BCUT2D eigenvalue weighted by Gasteiger charge is -2.10. The van der Waals surface area contributed by atoms with E-state index in [1.807, 2.05) is 49.6 Å². The number of benzene rings is 1. The average molecular weight is 291 g/mol. The number of aryl methyl sites for hydroxylation is 1. The van der Waals surface area contributed by atoms with Crippen molar-refractivity contribution in [2.45, 2.75) is 32.0 Å². The van der Waals surface area contributed by atoms with Crippen LogP contribution in [0.5, 0.6) is 0 Å². The van der Waals surface area contributed by atoms with Crippen LogP contribution in [0.1, 0.15) is 19.4 Å². The monoisotopic (exact) mass is 291 g/mol. The Hall–Kier alpha value is -1.82. The molecule has 0 bridgehead atoms. The second-order valence-corrected chi connectivity index (χ2v) is 5.54. The molecule has 0 unspecified atom stereocenters. The lowest BCUT2D eigenvalue weighted by Crippen LogP contribution is -2.13. The van der Waals surface area contributed by atoms with E-state index in [0.717, 1.165) is 11.3 Å². The molecule has 0 fully saturated rings. The minimum atomic E-state index is -0.246. The fourth-order valence-corrected chi connectivity index (χ4v) is 2.45. The fourth-order valence-electron chi connectivity index (χ4n) is 1.74. The molecular formula is C14H17N3O2S. The highest BCUT2D eigenvalue weighted by Gasteiger charge is 2.12. The molecule has 6 heteroatoms. The quantitative estimate of drug-likeness (QED) is 0.626. The molecule has 0 aliphatic heterocycles. The first kappa shape index (κ1) is 14.6. The van der Waals surface area contributed by atoms with Crippen molar-refractivity contribution in [3.8, 4) is 5.69 Å². The minimum absolute atomic E-state index is 0.0997. The number of hydrogen-bond donors (Lipinski definition) is 0. The summed E-state index contributed by atoms with van der Waals surface area (Å²) in [7, 11) is 0. The molecule has 1 aromatic carbocycles. The Balaban J connectivity index is 2.10. The molecule has 0 saturated heterocycles. The van der Waals surface area contributed by atoms with Crippen LogP contribution in [-0.2, 0) is 9.53 Å². The third-order valence-corrected chi connectivity index (χ3v) is 3.49. The van der Waals surface area contributed by atoms with E-state index in [1.54, 1.807) is 6.33 Å². The van der Waals surface area contributed by atoms with Crippen molar-refractivity contribution in [3.05, 3.63) is 36.2 Å². The maximum Gasteiger partial charge on any atom is 0.316 e. The molecule has 106 valence electrons. The first-order valence-corrected chi connectivity index (χ1v) is 7.35. The fraction of sp³-hybridized carbons (Fsp3) is 0.357. The zero-order chi connectivity index (χ0) is 14.5. The third kappa shape index (κ3) is 3.60. The molecule has 1 heterocycles. The van der Waals surface area contributed by atoms with Crippen LogP contribution >= 0.6 is 11.8 Å². The Morgan fingerprint density at radius 2 is 2.15 bits per heavy atom. The van der Waals surface area contributed by atoms with Gasteiger partial charge in [0.15, 0.2) is 5.16 Å². The van der Waals surface area contributed by atoms with E-state index in [1.165, 1.54) is 11.8 Å². The Morgan fingerprint density at radius 1 is 1.40 bits per heavy atom. The lowest BCUT2D eigenvalue weighted by molar-refractivity contribution is -0.144. The molecule has 5 nitrogen and oxygen atoms in total. The molecule has 2 rings (SSSR count). The van der Waals surface area contributed by atoms with Gasteiger partial charge in [0.25, 0.3) is 0 Å². The maximum absolute atomic E-state index is 11.6. The summed E-state index contributed by atoms with van der Waals surface area (Å²) in [5.74, 6) is -0.0210. The number of esters is 1. The van der Waals surface area contributed by atoms with Crippen LogP contribution in [0.3, 0.4) is 0 Å². The first-order chi connectivity index (χ1) is 9.58. The average Bonchev–Trinajstić information content (AvgIpc) is 2.84. The maximum atomic E-state index is 11.6. The van der Waals surface area contributed by atoms with Crippen LogP contribution in [0, 0.1) is 6.92 Å². The van der Waals surface area contributed by atoms with Gasteiger partial charge in [0.1, 0.15) is 6.33 Å². The minimum Gasteiger partial charge on any atom is -0.462 e. The zero-order valence-electron chi connectivity index (χ0n) is 11.7. The van der Waals surface area contributed by atoms with E-state index in [-0.39, 0.29) is 17.8 Å². The summed E-state index contributed by atoms with van der Waals surface area (Å²) in [4.78, 5) is 11.6. The Kier molecular flexibility index (Phi) is 4.79. The van der Waals surface area contributed by atoms with E-state index >= 15 is 0 Å². The van der Waals surface area contributed by atoms with E-state index in [4.69, 9.17) is 4.74 Å². The number of nitrogens with zero attached hydrogens (tertiary/aromatic N) is 3. The third-order valence-electron chi connectivity index (χ3n) is 2.58. The topological polar surface area (TPSA) is 57.0 Å². The molecule has 0 aliphatic rings. The van der Waals surface area contributed by atoms with Crippen LogP contribution in [0.15, 0.2) is 35.7 Å². The van der Waals surface area contributed by atoms with Gasteiger partial charge in [0, 0.05) is 0 Å². The van der Waals surface area contributed by atoms with Gasteiger partial charge in [-0.2, -0.15) is 0 Å². The molecule has 0 N–H and O–H groups in total. The molecule has 0 spiro atoms. The van der Waals surface area contributed by atoms with Gasteiger partial charge in [-0.25, -0.2) is 0 Å². The van der Waals surface area contributed by atoms with Crippen molar-refractivity contribution in [2.24, 2.45) is 0 Å². The molecule has 0 atom stereocenters. The van der Waals surface area contributed by atoms with Crippen LogP contribution in [0.25, 0.3) is 5.69 Å². The molecule has 2 aromatic rings. The Bertz CT molecular complexity index is 596. The normalized spacial score (nSPS) is 10.8. The number of carbonyl (C=O) groups excluding carboxylic acids is 1. The molecule has 0 radical (unpaired) electrons. The number of ether oxygens (including phenoxy) is 1. The van der Waals surface area contributed by atoms with Gasteiger partial charge in [0.05, 0.1) is 17.5 Å². The second kappa shape index (κ2) is 6.56. The molecule has 20 heavy (non-hydrogen) atoms. The van der Waals surface area contributed by atoms with E-state index in [0.29, 0.717) is 5.16 Å². The molecule has 0 saturated carbocycles. The highest BCUT2D eigenvalue weighted by atomic mass is 32.2. The van der Waals surface area contributed by atoms with Crippen molar-refractivity contribution in [3.63, 3.8) is 0 Å². The van der Waals surface area contributed by atoms with Crippen LogP contribution in [0.4, 0.5) is 0 Å². The van der Waals surface area contributed by atoms with E-state index in [9.17, 15) is 4.79 Å². The van der Waals surface area contributed by atoms with Crippen LogP contribution in [0.2, 0.25) is 0 Å². The van der Waals surface area contributed by atoms with Crippen LogP contribution in [-0.4, -0.2) is 32.6 Å². The Labute approximate surface area is 122 Å². The summed E-state index contributed by atoms with van der Waals surface area (Å²) in [6, 6.07) is 7.96.